The maximum Gasteiger partial charge on any atom is 0.230 e. The molecular weight excluding hydrogens is 268 g/mol. The summed E-state index contributed by atoms with van der Waals surface area (Å²) >= 11 is 5.84. The number of ketones is 1. The first kappa shape index (κ1) is 12.2. The molecule has 1 heterocycles. The van der Waals surface area contributed by atoms with E-state index in [2.05, 4.69) is 10.1 Å². The number of nitrogens with zero attached hydrogens (tertiary/aromatic N) is 2. The molecule has 1 aromatic heterocycles. The highest BCUT2D eigenvalue weighted by Crippen LogP contribution is 2.33. The second-order valence-electron chi connectivity index (χ2n) is 4.60. The van der Waals surface area contributed by atoms with E-state index in [1.165, 1.54) is 6.07 Å². The van der Waals surface area contributed by atoms with E-state index in [1.54, 1.807) is 12.1 Å². The van der Waals surface area contributed by atoms with Gasteiger partial charge in [0.15, 0.2) is 0 Å². The van der Waals surface area contributed by atoms with Gasteiger partial charge < -0.3 is 9.63 Å². The topological polar surface area (TPSA) is 76.2 Å². The molecule has 1 saturated carbocycles. The van der Waals surface area contributed by atoms with Gasteiger partial charge in [-0.25, -0.2) is 0 Å². The van der Waals surface area contributed by atoms with E-state index in [1.807, 2.05) is 0 Å². The highest BCUT2D eigenvalue weighted by Gasteiger charge is 2.28. The van der Waals surface area contributed by atoms with Crippen LogP contribution in [0.4, 0.5) is 0 Å². The number of hydrogen-bond donors (Lipinski definition) is 1. The van der Waals surface area contributed by atoms with Gasteiger partial charge in [0.1, 0.15) is 11.5 Å². The van der Waals surface area contributed by atoms with Crippen LogP contribution in [0, 0.1) is 0 Å². The van der Waals surface area contributed by atoms with E-state index in [0.29, 0.717) is 30.1 Å². The Balaban J connectivity index is 1.88. The molecule has 1 aromatic carbocycles. The van der Waals surface area contributed by atoms with Crippen LogP contribution in [0.3, 0.4) is 0 Å². The number of halogens is 1. The van der Waals surface area contributed by atoms with Gasteiger partial charge in [-0.05, 0) is 24.6 Å². The Kier molecular flexibility index (Phi) is 2.98. The molecule has 1 N–H and O–H groups in total. The Labute approximate surface area is 114 Å². The molecule has 0 bridgehead atoms. The van der Waals surface area contributed by atoms with Crippen molar-refractivity contribution in [2.45, 2.75) is 25.2 Å². The second kappa shape index (κ2) is 4.66. The quantitative estimate of drug-likeness (QED) is 0.914. The summed E-state index contributed by atoms with van der Waals surface area (Å²) < 4.78 is 5.20. The summed E-state index contributed by atoms with van der Waals surface area (Å²) in [6, 6.07) is 4.72. The number of rotatable bonds is 2. The first-order valence-corrected chi connectivity index (χ1v) is 6.35. The highest BCUT2D eigenvalue weighted by molar-refractivity contribution is 6.32. The van der Waals surface area contributed by atoms with E-state index in [0.717, 1.165) is 6.42 Å². The number of carbonyl (C=O) groups is 1. The zero-order chi connectivity index (χ0) is 13.4. The molecule has 0 radical (unpaired) electrons. The summed E-state index contributed by atoms with van der Waals surface area (Å²) in [4.78, 5) is 15.5. The third kappa shape index (κ3) is 2.33. The molecule has 1 unspecified atom stereocenters. The fourth-order valence-electron chi connectivity index (χ4n) is 2.19. The minimum atomic E-state index is 0.00975. The molecule has 3 rings (SSSR count). The fourth-order valence-corrected chi connectivity index (χ4v) is 2.37. The van der Waals surface area contributed by atoms with Gasteiger partial charge in [0.05, 0.1) is 5.02 Å². The standard InChI is InChI=1S/C13H11ClN2O3/c14-10-6-7(2-4-11(10)18)12-15-13(19-16-12)8-1-3-9(17)5-8/h2,4,6,8,18H,1,3,5H2. The van der Waals surface area contributed by atoms with E-state index in [4.69, 9.17) is 16.1 Å². The average molecular weight is 279 g/mol. The molecule has 1 aliphatic rings. The Hall–Kier alpha value is -1.88. The van der Waals surface area contributed by atoms with Crippen LogP contribution in [0.25, 0.3) is 11.4 Å². The van der Waals surface area contributed by atoms with Crippen molar-refractivity contribution in [3.05, 3.63) is 29.1 Å². The molecule has 5 nitrogen and oxygen atoms in total. The monoisotopic (exact) mass is 278 g/mol. The largest absolute Gasteiger partial charge is 0.506 e. The zero-order valence-corrected chi connectivity index (χ0v) is 10.7. The lowest BCUT2D eigenvalue weighted by molar-refractivity contribution is -0.117. The van der Waals surface area contributed by atoms with Crippen LogP contribution < -0.4 is 0 Å². The lowest BCUT2D eigenvalue weighted by Crippen LogP contribution is -1.94. The molecule has 19 heavy (non-hydrogen) atoms. The van der Waals surface area contributed by atoms with Crippen molar-refractivity contribution < 1.29 is 14.4 Å². The number of aromatic hydroxyl groups is 1. The lowest BCUT2D eigenvalue weighted by Gasteiger charge is -1.99. The molecule has 1 aliphatic carbocycles. The van der Waals surface area contributed by atoms with Gasteiger partial charge in [-0.2, -0.15) is 4.98 Å². The van der Waals surface area contributed by atoms with Crippen molar-refractivity contribution in [2.75, 3.05) is 0 Å². The van der Waals surface area contributed by atoms with Gasteiger partial charge in [-0.15, -0.1) is 0 Å². The third-order valence-electron chi connectivity index (χ3n) is 3.24. The highest BCUT2D eigenvalue weighted by atomic mass is 35.5. The van der Waals surface area contributed by atoms with Crippen LogP contribution in [0.5, 0.6) is 5.75 Å². The molecule has 98 valence electrons. The van der Waals surface area contributed by atoms with Crippen LogP contribution in [-0.2, 0) is 4.79 Å². The van der Waals surface area contributed by atoms with Gasteiger partial charge in [0.2, 0.25) is 11.7 Å². The Morgan fingerprint density at radius 3 is 2.95 bits per heavy atom. The summed E-state index contributed by atoms with van der Waals surface area (Å²) in [5.41, 5.74) is 0.669. The number of hydrogen-bond acceptors (Lipinski definition) is 5. The Morgan fingerprint density at radius 1 is 1.42 bits per heavy atom. The number of carbonyl (C=O) groups excluding carboxylic acids is 1. The third-order valence-corrected chi connectivity index (χ3v) is 3.55. The van der Waals surface area contributed by atoms with Crippen molar-refractivity contribution in [1.29, 1.82) is 0 Å². The maximum atomic E-state index is 11.3. The predicted molar refractivity (Wildman–Crippen MR) is 68.0 cm³/mol. The number of aromatic nitrogens is 2. The normalized spacial score (nSPS) is 19.0. The second-order valence-corrected chi connectivity index (χ2v) is 5.01. The zero-order valence-electron chi connectivity index (χ0n) is 9.97. The van der Waals surface area contributed by atoms with Gasteiger partial charge in [0.25, 0.3) is 0 Å². The molecule has 1 atom stereocenters. The van der Waals surface area contributed by atoms with Crippen LogP contribution in [-0.4, -0.2) is 21.0 Å². The van der Waals surface area contributed by atoms with E-state index in [9.17, 15) is 9.90 Å². The summed E-state index contributed by atoms with van der Waals surface area (Å²) in [6.07, 6.45) is 1.81. The molecule has 0 amide bonds. The number of benzene rings is 1. The smallest absolute Gasteiger partial charge is 0.230 e. The number of phenolic OH excluding ortho intramolecular Hbond substituents is 1. The number of phenols is 1. The van der Waals surface area contributed by atoms with Crippen LogP contribution in [0.15, 0.2) is 22.7 Å². The lowest BCUT2D eigenvalue weighted by atomic mass is 10.1. The van der Waals surface area contributed by atoms with Crippen LogP contribution >= 0.6 is 11.6 Å². The van der Waals surface area contributed by atoms with E-state index >= 15 is 0 Å². The Morgan fingerprint density at radius 2 is 2.26 bits per heavy atom. The summed E-state index contributed by atoms with van der Waals surface area (Å²) in [6.45, 7) is 0. The van der Waals surface area contributed by atoms with Gasteiger partial charge in [0, 0.05) is 24.3 Å². The van der Waals surface area contributed by atoms with Crippen LogP contribution in [0.2, 0.25) is 5.02 Å². The molecule has 6 heteroatoms. The van der Waals surface area contributed by atoms with Crippen molar-refractivity contribution >= 4 is 17.4 Å². The van der Waals surface area contributed by atoms with Crippen molar-refractivity contribution in [3.63, 3.8) is 0 Å². The van der Waals surface area contributed by atoms with Crippen molar-refractivity contribution in [3.8, 4) is 17.1 Å². The van der Waals surface area contributed by atoms with Crippen molar-refractivity contribution in [1.82, 2.24) is 10.1 Å². The minimum Gasteiger partial charge on any atom is -0.506 e. The van der Waals surface area contributed by atoms with Crippen LogP contribution in [0.1, 0.15) is 31.1 Å². The van der Waals surface area contributed by atoms with Gasteiger partial charge in [-0.1, -0.05) is 16.8 Å². The predicted octanol–water partition coefficient (Wildman–Crippen LogP) is 2.93. The molecule has 0 saturated heterocycles. The number of Topliss-reactive ketones (excluding diaryl/α,β-unsaturated/α-hetero) is 1. The van der Waals surface area contributed by atoms with E-state index in [-0.39, 0.29) is 22.5 Å². The maximum absolute atomic E-state index is 11.3. The first-order valence-electron chi connectivity index (χ1n) is 5.97. The fraction of sp³-hybridized carbons (Fsp3) is 0.308. The molecule has 2 aromatic rings. The van der Waals surface area contributed by atoms with Gasteiger partial charge >= 0.3 is 0 Å². The average Bonchev–Trinajstić information content (AvgIpc) is 3.01. The summed E-state index contributed by atoms with van der Waals surface area (Å²) in [5, 5.41) is 13.5. The summed E-state index contributed by atoms with van der Waals surface area (Å²) in [5.74, 6) is 1.18. The minimum absolute atomic E-state index is 0.00975. The summed E-state index contributed by atoms with van der Waals surface area (Å²) in [7, 11) is 0. The SMILES string of the molecule is O=C1CCC(c2nc(-c3ccc(O)c(Cl)c3)no2)C1. The van der Waals surface area contributed by atoms with Crippen molar-refractivity contribution in [2.24, 2.45) is 0 Å². The molecule has 0 spiro atoms. The first-order chi connectivity index (χ1) is 9.13. The van der Waals surface area contributed by atoms with Gasteiger partial charge in [-0.3, -0.25) is 4.79 Å². The Bertz CT molecular complexity index is 639. The van der Waals surface area contributed by atoms with E-state index < -0.39 is 0 Å². The molecule has 1 fully saturated rings. The molecule has 0 aliphatic heterocycles. The molecular formula is C13H11ClN2O3.